The summed E-state index contributed by atoms with van der Waals surface area (Å²) in [6.07, 6.45) is 0.0583. The highest BCUT2D eigenvalue weighted by Gasteiger charge is 2.13. The predicted molar refractivity (Wildman–Crippen MR) is 73.0 cm³/mol. The Bertz CT molecular complexity index is 580. The van der Waals surface area contributed by atoms with E-state index >= 15 is 0 Å². The van der Waals surface area contributed by atoms with Gasteiger partial charge in [0.2, 0.25) is 0 Å². The van der Waals surface area contributed by atoms with Crippen LogP contribution in [0.2, 0.25) is 0 Å². The minimum Gasteiger partial charge on any atom is -0.496 e. The van der Waals surface area contributed by atoms with Crippen LogP contribution < -0.4 is 4.74 Å². The Morgan fingerprint density at radius 3 is 2.83 bits per heavy atom. The predicted octanol–water partition coefficient (Wildman–Crippen LogP) is 4.08. The van der Waals surface area contributed by atoms with Crippen molar-refractivity contribution in [3.05, 3.63) is 50.4 Å². The van der Waals surface area contributed by atoms with Gasteiger partial charge in [-0.1, -0.05) is 22.0 Å². The highest BCUT2D eigenvalue weighted by Crippen LogP contribution is 2.23. The van der Waals surface area contributed by atoms with E-state index in [0.717, 1.165) is 0 Å². The SMILES string of the molecule is COc1csc(C(=O)Cc2ccc(Br)cc2F)c1. The fourth-order valence-electron chi connectivity index (χ4n) is 1.50. The Morgan fingerprint density at radius 2 is 2.22 bits per heavy atom. The molecule has 2 nitrogen and oxygen atoms in total. The van der Waals surface area contributed by atoms with Crippen LogP contribution in [0.5, 0.6) is 5.75 Å². The van der Waals surface area contributed by atoms with E-state index in [1.54, 1.807) is 30.7 Å². The first-order chi connectivity index (χ1) is 8.60. The standard InChI is InChI=1S/C13H10BrFO2S/c1-17-10-6-13(18-7-10)12(16)4-8-2-3-9(14)5-11(8)15/h2-3,5-7H,4H2,1H3. The number of methoxy groups -OCH3 is 1. The van der Waals surface area contributed by atoms with Gasteiger partial charge in [0.05, 0.1) is 12.0 Å². The molecule has 0 saturated heterocycles. The Morgan fingerprint density at radius 1 is 1.44 bits per heavy atom. The molecule has 0 saturated carbocycles. The minimum atomic E-state index is -0.374. The number of hydrogen-bond acceptors (Lipinski definition) is 3. The number of halogens is 2. The second-order valence-corrected chi connectivity index (χ2v) is 5.51. The molecule has 0 amide bonds. The van der Waals surface area contributed by atoms with Crippen molar-refractivity contribution in [2.24, 2.45) is 0 Å². The average Bonchev–Trinajstić information content (AvgIpc) is 2.81. The van der Waals surface area contributed by atoms with E-state index in [1.807, 2.05) is 0 Å². The normalized spacial score (nSPS) is 10.4. The van der Waals surface area contributed by atoms with Crippen molar-refractivity contribution in [2.45, 2.75) is 6.42 Å². The molecule has 0 aliphatic heterocycles. The third-order valence-electron chi connectivity index (χ3n) is 2.45. The lowest BCUT2D eigenvalue weighted by Gasteiger charge is -2.02. The summed E-state index contributed by atoms with van der Waals surface area (Å²) in [6.45, 7) is 0. The summed E-state index contributed by atoms with van der Waals surface area (Å²) in [5, 5.41) is 1.76. The third kappa shape index (κ3) is 2.97. The third-order valence-corrected chi connectivity index (χ3v) is 3.89. The molecule has 2 rings (SSSR count). The van der Waals surface area contributed by atoms with Crippen LogP contribution in [-0.2, 0) is 6.42 Å². The fourth-order valence-corrected chi connectivity index (χ4v) is 2.63. The topological polar surface area (TPSA) is 26.3 Å². The van der Waals surface area contributed by atoms with Crippen molar-refractivity contribution in [1.29, 1.82) is 0 Å². The maximum Gasteiger partial charge on any atom is 0.177 e. The van der Waals surface area contributed by atoms with Gasteiger partial charge in [-0.3, -0.25) is 4.79 Å². The highest BCUT2D eigenvalue weighted by atomic mass is 79.9. The molecule has 1 aromatic heterocycles. The van der Waals surface area contributed by atoms with Gasteiger partial charge in [-0.15, -0.1) is 11.3 Å². The zero-order valence-corrected chi connectivity index (χ0v) is 12.0. The van der Waals surface area contributed by atoms with Gasteiger partial charge in [0.25, 0.3) is 0 Å². The molecule has 1 aromatic carbocycles. The Labute approximate surface area is 117 Å². The van der Waals surface area contributed by atoms with Crippen LogP contribution in [0.15, 0.2) is 34.1 Å². The zero-order chi connectivity index (χ0) is 13.1. The van der Waals surface area contributed by atoms with Crippen LogP contribution in [0.3, 0.4) is 0 Å². The molecule has 18 heavy (non-hydrogen) atoms. The first-order valence-electron chi connectivity index (χ1n) is 5.20. The molecule has 0 aliphatic carbocycles. The summed E-state index contributed by atoms with van der Waals surface area (Å²) in [4.78, 5) is 12.5. The number of carbonyl (C=O) groups excluding carboxylic acids is 1. The lowest BCUT2D eigenvalue weighted by Crippen LogP contribution is -2.03. The quantitative estimate of drug-likeness (QED) is 0.790. The number of rotatable bonds is 4. The molecular weight excluding hydrogens is 319 g/mol. The largest absolute Gasteiger partial charge is 0.496 e. The van der Waals surface area contributed by atoms with Gasteiger partial charge >= 0.3 is 0 Å². The van der Waals surface area contributed by atoms with Crippen molar-refractivity contribution in [2.75, 3.05) is 7.11 Å². The number of thiophene rings is 1. The van der Waals surface area contributed by atoms with Gasteiger partial charge in [-0.25, -0.2) is 4.39 Å². The second kappa shape index (κ2) is 5.63. The molecular formula is C13H10BrFO2S. The first kappa shape index (κ1) is 13.2. The van der Waals surface area contributed by atoms with E-state index in [1.165, 1.54) is 17.4 Å². The molecule has 0 N–H and O–H groups in total. The van der Waals surface area contributed by atoms with Crippen molar-refractivity contribution in [1.82, 2.24) is 0 Å². The lowest BCUT2D eigenvalue weighted by molar-refractivity contribution is 0.0995. The molecule has 0 spiro atoms. The van der Waals surface area contributed by atoms with Crippen LogP contribution >= 0.6 is 27.3 Å². The smallest absolute Gasteiger partial charge is 0.177 e. The summed E-state index contributed by atoms with van der Waals surface area (Å²) in [5.41, 5.74) is 0.399. The van der Waals surface area contributed by atoms with Gasteiger partial charge in [0.1, 0.15) is 11.6 Å². The van der Waals surface area contributed by atoms with E-state index in [0.29, 0.717) is 20.7 Å². The molecule has 5 heteroatoms. The number of Topliss-reactive ketones (excluding diaryl/α,β-unsaturated/α-hetero) is 1. The van der Waals surface area contributed by atoms with Crippen molar-refractivity contribution >= 4 is 33.0 Å². The molecule has 0 bridgehead atoms. The molecule has 0 fully saturated rings. The van der Waals surface area contributed by atoms with E-state index in [2.05, 4.69) is 15.9 Å². The number of ketones is 1. The summed E-state index contributed by atoms with van der Waals surface area (Å²) in [6, 6.07) is 6.37. The monoisotopic (exact) mass is 328 g/mol. The van der Waals surface area contributed by atoms with Crippen molar-refractivity contribution in [3.8, 4) is 5.75 Å². The molecule has 0 unspecified atom stereocenters. The lowest BCUT2D eigenvalue weighted by atomic mass is 10.1. The molecule has 0 radical (unpaired) electrons. The Balaban J connectivity index is 2.16. The van der Waals surface area contributed by atoms with Crippen LogP contribution in [0, 0.1) is 5.82 Å². The number of benzene rings is 1. The first-order valence-corrected chi connectivity index (χ1v) is 6.87. The van der Waals surface area contributed by atoms with Crippen LogP contribution in [0.1, 0.15) is 15.2 Å². The number of hydrogen-bond donors (Lipinski definition) is 0. The molecule has 94 valence electrons. The van der Waals surface area contributed by atoms with Crippen molar-refractivity contribution in [3.63, 3.8) is 0 Å². The zero-order valence-electron chi connectivity index (χ0n) is 9.57. The fraction of sp³-hybridized carbons (Fsp3) is 0.154. The van der Waals surface area contributed by atoms with Gasteiger partial charge in [-0.2, -0.15) is 0 Å². The molecule has 0 aliphatic rings. The summed E-state index contributed by atoms with van der Waals surface area (Å²) in [7, 11) is 1.55. The number of carbonyl (C=O) groups is 1. The Kier molecular flexibility index (Phi) is 4.14. The van der Waals surface area contributed by atoms with Crippen LogP contribution in [0.4, 0.5) is 4.39 Å². The summed E-state index contributed by atoms with van der Waals surface area (Å²) >= 11 is 4.48. The summed E-state index contributed by atoms with van der Waals surface area (Å²) in [5.74, 6) is 0.172. The maximum atomic E-state index is 13.6. The maximum absolute atomic E-state index is 13.6. The van der Waals surface area contributed by atoms with E-state index in [4.69, 9.17) is 4.74 Å². The van der Waals surface area contributed by atoms with E-state index in [9.17, 15) is 9.18 Å². The van der Waals surface area contributed by atoms with E-state index < -0.39 is 0 Å². The number of ether oxygens (including phenoxy) is 1. The van der Waals surface area contributed by atoms with Gasteiger partial charge < -0.3 is 4.74 Å². The van der Waals surface area contributed by atoms with Gasteiger partial charge in [0.15, 0.2) is 5.78 Å². The second-order valence-electron chi connectivity index (χ2n) is 3.69. The van der Waals surface area contributed by atoms with Crippen molar-refractivity contribution < 1.29 is 13.9 Å². The molecule has 1 heterocycles. The van der Waals surface area contributed by atoms with Gasteiger partial charge in [-0.05, 0) is 17.7 Å². The van der Waals surface area contributed by atoms with Gasteiger partial charge in [0, 0.05) is 22.3 Å². The summed E-state index contributed by atoms with van der Waals surface area (Å²) < 4.78 is 19.3. The minimum absolute atomic E-state index is 0.0583. The van der Waals surface area contributed by atoms with Crippen LogP contribution in [-0.4, -0.2) is 12.9 Å². The average molecular weight is 329 g/mol. The Hall–Kier alpha value is -1.20. The molecule has 2 aromatic rings. The van der Waals surface area contributed by atoms with Crippen LogP contribution in [0.25, 0.3) is 0 Å². The molecule has 0 atom stereocenters. The highest BCUT2D eigenvalue weighted by molar-refractivity contribution is 9.10. The van der Waals surface area contributed by atoms with E-state index in [-0.39, 0.29) is 18.0 Å².